The third kappa shape index (κ3) is 6.72. The molecule has 3 heterocycles. The summed E-state index contributed by atoms with van der Waals surface area (Å²) in [4.78, 5) is 32.4. The average molecular weight is 530 g/mol. The highest BCUT2D eigenvalue weighted by Crippen LogP contribution is 2.22. The molecule has 2 saturated heterocycles. The van der Waals surface area contributed by atoms with Gasteiger partial charge in [-0.05, 0) is 67.8 Å². The smallest absolute Gasteiger partial charge is 0.254 e. The average Bonchev–Trinajstić information content (AvgIpc) is 3.38. The fourth-order valence-corrected chi connectivity index (χ4v) is 5.09. The van der Waals surface area contributed by atoms with Gasteiger partial charge in [0, 0.05) is 50.5 Å². The zero-order chi connectivity index (χ0) is 27.0. The van der Waals surface area contributed by atoms with Crippen LogP contribution in [0, 0.1) is 0 Å². The van der Waals surface area contributed by atoms with Gasteiger partial charge in [-0.2, -0.15) is 0 Å². The summed E-state index contributed by atoms with van der Waals surface area (Å²) in [6.07, 6.45) is 2.68. The van der Waals surface area contributed by atoms with E-state index in [0.717, 1.165) is 48.6 Å². The van der Waals surface area contributed by atoms with Crippen molar-refractivity contribution >= 4 is 17.6 Å². The highest BCUT2D eigenvalue weighted by atomic mass is 16.5. The van der Waals surface area contributed by atoms with Gasteiger partial charge in [0.15, 0.2) is 5.82 Å². The monoisotopic (exact) mass is 529 g/mol. The molecule has 0 bridgehead atoms. The summed E-state index contributed by atoms with van der Waals surface area (Å²) in [5.41, 5.74) is 2.35. The molecule has 2 aliphatic rings. The van der Waals surface area contributed by atoms with E-state index in [1.54, 1.807) is 24.1 Å². The van der Waals surface area contributed by atoms with E-state index in [1.165, 1.54) is 0 Å². The molecule has 2 aliphatic heterocycles. The van der Waals surface area contributed by atoms with E-state index in [1.807, 2.05) is 59.5 Å². The highest BCUT2D eigenvalue weighted by Gasteiger charge is 2.28. The molecule has 0 saturated carbocycles. The van der Waals surface area contributed by atoms with Crippen LogP contribution in [0.25, 0.3) is 11.3 Å². The van der Waals surface area contributed by atoms with Crippen molar-refractivity contribution in [3.63, 3.8) is 0 Å². The number of anilines is 1. The van der Waals surface area contributed by atoms with Crippen LogP contribution >= 0.6 is 0 Å². The van der Waals surface area contributed by atoms with Crippen LogP contribution in [0.1, 0.15) is 29.6 Å². The van der Waals surface area contributed by atoms with Crippen molar-refractivity contribution in [2.45, 2.75) is 25.4 Å². The Balaban J connectivity index is 1.20. The maximum Gasteiger partial charge on any atom is 0.254 e. The first-order chi connectivity index (χ1) is 19.1. The van der Waals surface area contributed by atoms with Gasteiger partial charge in [-0.1, -0.05) is 18.2 Å². The number of methoxy groups -OCH3 is 1. The third-order valence-corrected chi connectivity index (χ3v) is 7.29. The molecule has 39 heavy (non-hydrogen) atoms. The van der Waals surface area contributed by atoms with Gasteiger partial charge >= 0.3 is 0 Å². The quantitative estimate of drug-likeness (QED) is 0.441. The largest absolute Gasteiger partial charge is 0.497 e. The maximum absolute atomic E-state index is 13.4. The van der Waals surface area contributed by atoms with Crippen LogP contribution in [0.5, 0.6) is 5.75 Å². The zero-order valence-corrected chi connectivity index (χ0v) is 22.4. The van der Waals surface area contributed by atoms with Crippen molar-refractivity contribution in [1.29, 1.82) is 0 Å². The number of hydrogen-bond donors (Lipinski definition) is 0. The second-order valence-electron chi connectivity index (χ2n) is 9.91. The number of carbonyl (C=O) groups is 2. The Hall–Kier alpha value is -3.98. The molecule has 2 aromatic carbocycles. The molecular formula is C30H35N5O4. The Morgan fingerprint density at radius 1 is 0.949 bits per heavy atom. The highest BCUT2D eigenvalue weighted by molar-refractivity contribution is 5.96. The molecule has 204 valence electrons. The van der Waals surface area contributed by atoms with Gasteiger partial charge in [-0.25, -0.2) is 0 Å². The summed E-state index contributed by atoms with van der Waals surface area (Å²) in [5, 5.41) is 8.90. The van der Waals surface area contributed by atoms with Crippen LogP contribution < -0.4 is 9.64 Å². The van der Waals surface area contributed by atoms with Crippen molar-refractivity contribution in [3.8, 4) is 17.0 Å². The topological polar surface area (TPSA) is 88.1 Å². The molecule has 9 heteroatoms. The van der Waals surface area contributed by atoms with Gasteiger partial charge in [0.1, 0.15) is 12.3 Å². The second kappa shape index (κ2) is 12.7. The summed E-state index contributed by atoms with van der Waals surface area (Å²) < 4.78 is 11.0. The van der Waals surface area contributed by atoms with E-state index < -0.39 is 0 Å². The van der Waals surface area contributed by atoms with Gasteiger partial charge in [0.05, 0.1) is 18.9 Å². The van der Waals surface area contributed by atoms with E-state index in [-0.39, 0.29) is 24.5 Å². The predicted molar refractivity (Wildman–Crippen MR) is 149 cm³/mol. The lowest BCUT2D eigenvalue weighted by atomic mass is 10.1. The molecule has 5 rings (SSSR count). The molecule has 1 aromatic heterocycles. The minimum absolute atomic E-state index is 0.0236. The molecule has 0 spiro atoms. The fourth-order valence-electron chi connectivity index (χ4n) is 5.09. The normalized spacial score (nSPS) is 17.5. The van der Waals surface area contributed by atoms with E-state index in [4.69, 9.17) is 9.47 Å². The minimum atomic E-state index is -0.136. The molecule has 1 unspecified atom stereocenters. The number of hydrogen-bond acceptors (Lipinski definition) is 7. The number of rotatable bonds is 8. The van der Waals surface area contributed by atoms with Crippen molar-refractivity contribution in [3.05, 3.63) is 72.3 Å². The molecule has 2 amide bonds. The van der Waals surface area contributed by atoms with E-state index >= 15 is 0 Å². The Kier molecular flexibility index (Phi) is 8.68. The minimum Gasteiger partial charge on any atom is -0.497 e. The number of ether oxygens (including phenoxy) is 2. The van der Waals surface area contributed by atoms with E-state index in [0.29, 0.717) is 38.3 Å². The first-order valence-electron chi connectivity index (χ1n) is 13.6. The van der Waals surface area contributed by atoms with Crippen LogP contribution in [0.4, 0.5) is 5.82 Å². The van der Waals surface area contributed by atoms with Crippen molar-refractivity contribution < 1.29 is 19.1 Å². The first kappa shape index (κ1) is 26.6. The lowest BCUT2D eigenvalue weighted by molar-refractivity contribution is -0.132. The van der Waals surface area contributed by atoms with Gasteiger partial charge in [-0.15, -0.1) is 10.2 Å². The summed E-state index contributed by atoms with van der Waals surface area (Å²) in [6.45, 7) is 3.81. The fraction of sp³-hybridized carbons (Fsp3) is 0.400. The predicted octanol–water partition coefficient (Wildman–Crippen LogP) is 3.51. The summed E-state index contributed by atoms with van der Waals surface area (Å²) in [7, 11) is 1.64. The van der Waals surface area contributed by atoms with E-state index in [9.17, 15) is 9.59 Å². The zero-order valence-electron chi connectivity index (χ0n) is 22.4. The summed E-state index contributed by atoms with van der Waals surface area (Å²) in [6, 6.07) is 20.8. The van der Waals surface area contributed by atoms with Crippen molar-refractivity contribution in [2.75, 3.05) is 57.9 Å². The third-order valence-electron chi connectivity index (χ3n) is 7.29. The standard InChI is InChI=1S/C30H35N5O4/c1-38-25-12-10-23(11-13-25)27-14-15-28(32-31-27)33-16-6-17-34(19-18-33)29(36)22-35(21-26-9-5-20-39-26)30(37)24-7-3-2-4-8-24/h2-4,7-8,10-15,26H,5-6,9,16-22H2,1H3. The van der Waals surface area contributed by atoms with E-state index in [2.05, 4.69) is 15.1 Å². The number of nitrogens with zero attached hydrogens (tertiary/aromatic N) is 5. The molecule has 1 atom stereocenters. The Morgan fingerprint density at radius 3 is 2.46 bits per heavy atom. The second-order valence-corrected chi connectivity index (χ2v) is 9.91. The van der Waals surface area contributed by atoms with Crippen LogP contribution in [0.15, 0.2) is 66.7 Å². The van der Waals surface area contributed by atoms with Gasteiger partial charge in [0.2, 0.25) is 5.91 Å². The van der Waals surface area contributed by atoms with Crippen molar-refractivity contribution in [2.24, 2.45) is 0 Å². The number of aromatic nitrogens is 2. The van der Waals surface area contributed by atoms with Gasteiger partial charge < -0.3 is 24.2 Å². The maximum atomic E-state index is 13.4. The Morgan fingerprint density at radius 2 is 1.77 bits per heavy atom. The Bertz CT molecular complexity index is 1230. The molecule has 0 aliphatic carbocycles. The van der Waals surface area contributed by atoms with Gasteiger partial charge in [0.25, 0.3) is 5.91 Å². The molecule has 0 N–H and O–H groups in total. The first-order valence-corrected chi connectivity index (χ1v) is 13.6. The van der Waals surface area contributed by atoms with Crippen molar-refractivity contribution in [1.82, 2.24) is 20.0 Å². The molecule has 9 nitrogen and oxygen atoms in total. The molecule has 0 radical (unpaired) electrons. The SMILES string of the molecule is COc1ccc(-c2ccc(N3CCCN(C(=O)CN(CC4CCCO4)C(=O)c4ccccc4)CC3)nn2)cc1. The van der Waals surface area contributed by atoms with Gasteiger partial charge in [-0.3, -0.25) is 9.59 Å². The molecule has 3 aromatic rings. The lowest BCUT2D eigenvalue weighted by Crippen LogP contribution is -2.46. The molecular weight excluding hydrogens is 494 g/mol. The Labute approximate surface area is 229 Å². The van der Waals surface area contributed by atoms with Crippen LogP contribution in [-0.4, -0.2) is 90.9 Å². The van der Waals surface area contributed by atoms with Crippen LogP contribution in [0.2, 0.25) is 0 Å². The number of carbonyl (C=O) groups excluding carboxylic acids is 2. The van der Waals surface area contributed by atoms with Crippen LogP contribution in [-0.2, 0) is 9.53 Å². The lowest BCUT2D eigenvalue weighted by Gasteiger charge is -2.28. The summed E-state index contributed by atoms with van der Waals surface area (Å²) in [5.74, 6) is 1.41. The number of benzene rings is 2. The summed E-state index contributed by atoms with van der Waals surface area (Å²) >= 11 is 0. The number of amides is 2. The molecule has 2 fully saturated rings. The van der Waals surface area contributed by atoms with Crippen LogP contribution in [0.3, 0.4) is 0 Å².